The van der Waals surface area contributed by atoms with Crippen LogP contribution in [0, 0.1) is 5.82 Å². The highest BCUT2D eigenvalue weighted by Gasteiger charge is 2.20. The number of nitrogens with zero attached hydrogens (tertiary/aromatic N) is 2. The zero-order chi connectivity index (χ0) is 12.4. The van der Waals surface area contributed by atoms with Crippen molar-refractivity contribution in [2.24, 2.45) is 0 Å². The molecule has 1 saturated carbocycles. The summed E-state index contributed by atoms with van der Waals surface area (Å²) in [5, 5.41) is 3.41. The van der Waals surface area contributed by atoms with E-state index in [0.717, 1.165) is 14.8 Å². The first-order chi connectivity index (χ1) is 8.81. The van der Waals surface area contributed by atoms with E-state index in [-0.39, 0.29) is 5.82 Å². The Morgan fingerprint density at radius 1 is 1.44 bits per heavy atom. The number of aromatic nitrogens is 2. The second-order valence-corrected chi connectivity index (χ2v) is 6.29. The van der Waals surface area contributed by atoms with Crippen LogP contribution in [0.2, 0.25) is 0 Å². The molecule has 3 nitrogen and oxygen atoms in total. The van der Waals surface area contributed by atoms with E-state index in [4.69, 9.17) is 0 Å². The van der Waals surface area contributed by atoms with Crippen LogP contribution in [0.25, 0.3) is 0 Å². The Morgan fingerprint density at radius 3 is 3.06 bits per heavy atom. The first-order valence-electron chi connectivity index (χ1n) is 5.77. The van der Waals surface area contributed by atoms with E-state index >= 15 is 0 Å². The van der Waals surface area contributed by atoms with Gasteiger partial charge in [0.2, 0.25) is 0 Å². The lowest BCUT2D eigenvalue weighted by molar-refractivity contribution is 0.616. The van der Waals surface area contributed by atoms with Crippen molar-refractivity contribution in [1.82, 2.24) is 14.7 Å². The van der Waals surface area contributed by atoms with Crippen LogP contribution in [-0.2, 0) is 6.54 Å². The van der Waals surface area contributed by atoms with Crippen molar-refractivity contribution in [3.05, 3.63) is 35.9 Å². The number of halogens is 1. The molecular weight excluding hydrogens is 269 g/mol. The van der Waals surface area contributed by atoms with Gasteiger partial charge in [-0.15, -0.1) is 0 Å². The van der Waals surface area contributed by atoms with Crippen LogP contribution in [0.4, 0.5) is 4.39 Å². The fraction of sp³-hybridized carbons (Fsp3) is 0.333. The fourth-order valence-electron chi connectivity index (χ4n) is 1.63. The van der Waals surface area contributed by atoms with Gasteiger partial charge < -0.3 is 5.32 Å². The Labute approximate surface area is 113 Å². The molecule has 0 radical (unpaired) electrons. The van der Waals surface area contributed by atoms with Gasteiger partial charge in [0.15, 0.2) is 4.34 Å². The van der Waals surface area contributed by atoms with Gasteiger partial charge in [0.1, 0.15) is 12.1 Å². The third-order valence-electron chi connectivity index (χ3n) is 2.72. The monoisotopic (exact) mass is 281 g/mol. The average Bonchev–Trinajstić information content (AvgIpc) is 3.06. The maximum Gasteiger partial charge on any atom is 0.174 e. The third-order valence-corrected chi connectivity index (χ3v) is 4.55. The molecule has 1 fully saturated rings. The van der Waals surface area contributed by atoms with Gasteiger partial charge in [0.25, 0.3) is 0 Å². The Kier molecular flexibility index (Phi) is 3.58. The molecule has 0 unspecified atom stereocenters. The Hall–Kier alpha value is -0.980. The molecule has 1 aromatic carbocycles. The predicted molar refractivity (Wildman–Crippen MR) is 70.3 cm³/mol. The van der Waals surface area contributed by atoms with Gasteiger partial charge in [-0.1, -0.05) is 11.8 Å². The maximum atomic E-state index is 13.3. The second-order valence-electron chi connectivity index (χ2n) is 4.22. The summed E-state index contributed by atoms with van der Waals surface area (Å²) in [4.78, 5) is 5.18. The summed E-state index contributed by atoms with van der Waals surface area (Å²) in [6, 6.07) is 5.52. The molecule has 1 aliphatic rings. The normalized spacial score (nSPS) is 14.9. The molecule has 1 heterocycles. The number of nitrogens with one attached hydrogen (secondary N) is 1. The molecule has 1 aliphatic carbocycles. The maximum absolute atomic E-state index is 13.3. The molecule has 0 bridgehead atoms. The van der Waals surface area contributed by atoms with Crippen LogP contribution in [0.15, 0.2) is 33.8 Å². The molecule has 1 aromatic heterocycles. The van der Waals surface area contributed by atoms with E-state index in [1.165, 1.54) is 42.2 Å². The molecule has 0 saturated heterocycles. The zero-order valence-electron chi connectivity index (χ0n) is 9.60. The molecule has 0 atom stereocenters. The van der Waals surface area contributed by atoms with E-state index in [1.54, 1.807) is 12.4 Å². The molecule has 6 heteroatoms. The predicted octanol–water partition coefficient (Wildman–Crippen LogP) is 3.08. The topological polar surface area (TPSA) is 37.8 Å². The molecular formula is C12H12FN3S2. The first-order valence-corrected chi connectivity index (χ1v) is 7.36. The summed E-state index contributed by atoms with van der Waals surface area (Å²) in [5.74, 6) is -0.191. The number of rotatable bonds is 5. The van der Waals surface area contributed by atoms with Gasteiger partial charge in [-0.05, 0) is 48.1 Å². The second kappa shape index (κ2) is 5.34. The summed E-state index contributed by atoms with van der Waals surface area (Å²) in [5.41, 5.74) is 0.988. The summed E-state index contributed by atoms with van der Waals surface area (Å²) in [6.07, 6.45) is 4.00. The van der Waals surface area contributed by atoms with Gasteiger partial charge in [-0.2, -0.15) is 4.37 Å². The first kappa shape index (κ1) is 12.1. The van der Waals surface area contributed by atoms with Gasteiger partial charge >= 0.3 is 0 Å². The summed E-state index contributed by atoms with van der Waals surface area (Å²) in [6.45, 7) is 0.712. The summed E-state index contributed by atoms with van der Waals surface area (Å²) < 4.78 is 18.2. The van der Waals surface area contributed by atoms with Crippen molar-refractivity contribution >= 4 is 23.3 Å². The molecule has 18 heavy (non-hydrogen) atoms. The Balaban J connectivity index is 1.77. The zero-order valence-corrected chi connectivity index (χ0v) is 11.2. The largest absolute Gasteiger partial charge is 0.310 e. The molecule has 94 valence electrons. The minimum atomic E-state index is -0.191. The van der Waals surface area contributed by atoms with Gasteiger partial charge in [-0.3, -0.25) is 0 Å². The van der Waals surface area contributed by atoms with Crippen molar-refractivity contribution in [2.75, 3.05) is 0 Å². The molecule has 0 amide bonds. The number of hydrogen-bond acceptors (Lipinski definition) is 5. The molecule has 0 spiro atoms. The van der Waals surface area contributed by atoms with E-state index in [1.807, 2.05) is 6.07 Å². The highest BCUT2D eigenvalue weighted by atomic mass is 32.2. The quantitative estimate of drug-likeness (QED) is 0.914. The highest BCUT2D eigenvalue weighted by Crippen LogP contribution is 2.31. The molecule has 2 aromatic rings. The van der Waals surface area contributed by atoms with E-state index in [0.29, 0.717) is 12.6 Å². The Morgan fingerprint density at radius 2 is 2.33 bits per heavy atom. The third kappa shape index (κ3) is 3.07. The van der Waals surface area contributed by atoms with Crippen molar-refractivity contribution < 1.29 is 4.39 Å². The van der Waals surface area contributed by atoms with Crippen LogP contribution in [0.3, 0.4) is 0 Å². The standard InChI is InChI=1S/C12H12FN3S2/c13-9-1-4-11(17-12-15-7-16-18-12)8(5-9)6-14-10-2-3-10/h1,4-5,7,10,14H,2-3,6H2. The van der Waals surface area contributed by atoms with E-state index < -0.39 is 0 Å². The minimum absolute atomic E-state index is 0.191. The Bertz CT molecular complexity index is 526. The van der Waals surface area contributed by atoms with Gasteiger partial charge in [0.05, 0.1) is 0 Å². The van der Waals surface area contributed by atoms with Gasteiger partial charge in [-0.25, -0.2) is 9.37 Å². The van der Waals surface area contributed by atoms with E-state index in [2.05, 4.69) is 14.7 Å². The van der Waals surface area contributed by atoms with Crippen LogP contribution in [-0.4, -0.2) is 15.4 Å². The number of benzene rings is 1. The van der Waals surface area contributed by atoms with Crippen LogP contribution < -0.4 is 5.32 Å². The lowest BCUT2D eigenvalue weighted by Crippen LogP contribution is -2.15. The van der Waals surface area contributed by atoms with Crippen LogP contribution in [0.5, 0.6) is 0 Å². The SMILES string of the molecule is Fc1ccc(Sc2ncns2)c(CNC2CC2)c1. The lowest BCUT2D eigenvalue weighted by Gasteiger charge is -2.08. The molecule has 0 aliphatic heterocycles. The lowest BCUT2D eigenvalue weighted by atomic mass is 10.2. The summed E-state index contributed by atoms with van der Waals surface area (Å²) in [7, 11) is 0. The van der Waals surface area contributed by atoms with Crippen molar-refractivity contribution in [3.8, 4) is 0 Å². The minimum Gasteiger partial charge on any atom is -0.310 e. The van der Waals surface area contributed by atoms with Crippen LogP contribution >= 0.6 is 23.3 Å². The van der Waals surface area contributed by atoms with Crippen molar-refractivity contribution in [3.63, 3.8) is 0 Å². The smallest absolute Gasteiger partial charge is 0.174 e. The number of hydrogen-bond donors (Lipinski definition) is 1. The molecule has 3 rings (SSSR count). The summed E-state index contributed by atoms with van der Waals surface area (Å²) >= 11 is 2.89. The fourth-order valence-corrected chi connectivity index (χ4v) is 3.14. The average molecular weight is 281 g/mol. The highest BCUT2D eigenvalue weighted by molar-refractivity contribution is 8.01. The van der Waals surface area contributed by atoms with Crippen molar-refractivity contribution in [2.45, 2.75) is 34.7 Å². The van der Waals surface area contributed by atoms with Crippen LogP contribution in [0.1, 0.15) is 18.4 Å². The van der Waals surface area contributed by atoms with Gasteiger partial charge in [0, 0.05) is 17.5 Å². The van der Waals surface area contributed by atoms with E-state index in [9.17, 15) is 4.39 Å². The molecule has 1 N–H and O–H groups in total. The van der Waals surface area contributed by atoms with Crippen molar-refractivity contribution in [1.29, 1.82) is 0 Å².